The molecule has 0 N–H and O–H groups in total. The molecular formula is C26H32N6. The third-order valence-electron chi connectivity index (χ3n) is 7.58. The maximum absolute atomic E-state index is 5.21. The predicted molar refractivity (Wildman–Crippen MR) is 129 cm³/mol. The molecule has 0 aliphatic carbocycles. The summed E-state index contributed by atoms with van der Waals surface area (Å²) in [6.07, 6.45) is 7.80. The number of aryl methyl sites for hydroxylation is 1. The number of aromatic nitrogens is 3. The second-order valence-corrected chi connectivity index (χ2v) is 9.61. The average Bonchev–Trinajstić information content (AvgIpc) is 3.19. The van der Waals surface area contributed by atoms with Crippen LogP contribution in [0, 0.1) is 6.92 Å². The van der Waals surface area contributed by atoms with Crippen LogP contribution in [0.3, 0.4) is 0 Å². The molecule has 0 spiro atoms. The number of allylic oxidation sites excluding steroid dienone is 1. The van der Waals surface area contributed by atoms with E-state index in [2.05, 4.69) is 70.3 Å². The molecule has 0 unspecified atom stereocenters. The fourth-order valence-electron chi connectivity index (χ4n) is 5.93. The number of rotatable bonds is 2. The van der Waals surface area contributed by atoms with Crippen molar-refractivity contribution in [1.82, 2.24) is 24.2 Å². The van der Waals surface area contributed by atoms with Crippen molar-refractivity contribution >= 4 is 17.5 Å². The van der Waals surface area contributed by atoms with Crippen LogP contribution < -0.4 is 4.90 Å². The third kappa shape index (κ3) is 3.04. The van der Waals surface area contributed by atoms with Gasteiger partial charge in [-0.1, -0.05) is 12.1 Å². The Labute approximate surface area is 190 Å². The van der Waals surface area contributed by atoms with Crippen molar-refractivity contribution in [2.24, 2.45) is 0 Å². The van der Waals surface area contributed by atoms with Crippen LogP contribution in [0.2, 0.25) is 0 Å². The number of anilines is 1. The minimum Gasteiger partial charge on any atom is -0.358 e. The Morgan fingerprint density at radius 1 is 0.906 bits per heavy atom. The standard InChI is InChI=1S/C26H32N6/c1-18-7-6-12-27-25(18)20-8-4-9-21-26-22(17-19(2)31(20)21)32-23(28-26)10-5-11-24(32)30-15-13-29(3)14-16-30/h5-7,10-12,17,20-21H,4,8-9,13-16H2,1-3H3/t20-,21+/m0/s1. The average molecular weight is 429 g/mol. The topological polar surface area (TPSA) is 39.9 Å². The lowest BCUT2D eigenvalue weighted by Crippen LogP contribution is -2.45. The number of piperidine rings is 1. The van der Waals surface area contributed by atoms with E-state index in [9.17, 15) is 0 Å². The summed E-state index contributed by atoms with van der Waals surface area (Å²) >= 11 is 0. The fourth-order valence-corrected chi connectivity index (χ4v) is 5.93. The molecule has 6 nitrogen and oxygen atoms in total. The van der Waals surface area contributed by atoms with Crippen molar-refractivity contribution in [3.63, 3.8) is 0 Å². The molecule has 0 amide bonds. The van der Waals surface area contributed by atoms with E-state index < -0.39 is 0 Å². The first-order valence-electron chi connectivity index (χ1n) is 11.9. The first-order chi connectivity index (χ1) is 15.6. The lowest BCUT2D eigenvalue weighted by Gasteiger charge is -2.46. The van der Waals surface area contributed by atoms with Crippen LogP contribution in [0.5, 0.6) is 0 Å². The van der Waals surface area contributed by atoms with Gasteiger partial charge < -0.3 is 14.7 Å². The molecule has 3 aromatic rings. The number of hydrogen-bond donors (Lipinski definition) is 0. The summed E-state index contributed by atoms with van der Waals surface area (Å²) in [4.78, 5) is 17.5. The molecule has 0 saturated carbocycles. The summed E-state index contributed by atoms with van der Waals surface area (Å²) in [5, 5.41) is 0. The fraction of sp³-hybridized carbons (Fsp3) is 0.462. The summed E-state index contributed by atoms with van der Waals surface area (Å²) in [6, 6.07) is 11.4. The van der Waals surface area contributed by atoms with Gasteiger partial charge in [0.2, 0.25) is 0 Å². The van der Waals surface area contributed by atoms with Gasteiger partial charge >= 0.3 is 0 Å². The zero-order valence-electron chi connectivity index (χ0n) is 19.3. The Morgan fingerprint density at radius 3 is 2.47 bits per heavy atom. The third-order valence-corrected chi connectivity index (χ3v) is 7.58. The van der Waals surface area contributed by atoms with Crippen LogP contribution in [0.1, 0.15) is 60.9 Å². The van der Waals surface area contributed by atoms with E-state index in [1.165, 1.54) is 40.6 Å². The Balaban J connectivity index is 1.45. The second kappa shape index (κ2) is 7.62. The van der Waals surface area contributed by atoms with Gasteiger partial charge in [-0.2, -0.15) is 0 Å². The molecule has 0 aromatic carbocycles. The molecule has 32 heavy (non-hydrogen) atoms. The van der Waals surface area contributed by atoms with Gasteiger partial charge in [0.1, 0.15) is 11.5 Å². The zero-order chi connectivity index (χ0) is 21.8. The maximum Gasteiger partial charge on any atom is 0.139 e. The molecular weight excluding hydrogens is 396 g/mol. The molecule has 6 heterocycles. The predicted octanol–water partition coefficient (Wildman–Crippen LogP) is 4.43. The molecule has 3 aromatic heterocycles. The van der Waals surface area contributed by atoms with Crippen LogP contribution in [-0.2, 0) is 0 Å². The van der Waals surface area contributed by atoms with Crippen molar-refractivity contribution in [2.45, 2.75) is 45.2 Å². The van der Waals surface area contributed by atoms with E-state index in [-0.39, 0.29) is 0 Å². The zero-order valence-corrected chi connectivity index (χ0v) is 19.3. The SMILES string of the molecule is CC1=Cc2c(nc3cccc(N4CCN(C)CC4)n23)[C@H]2CCC[C@@H](c3ncccc3C)N12. The molecule has 3 aliphatic rings. The van der Waals surface area contributed by atoms with Gasteiger partial charge in [-0.3, -0.25) is 9.38 Å². The Hall–Kier alpha value is -2.86. The van der Waals surface area contributed by atoms with E-state index in [1.54, 1.807) is 0 Å². The Bertz CT molecular complexity index is 1190. The number of fused-ring (bicyclic) bond motifs is 5. The Kier molecular flexibility index (Phi) is 4.72. The van der Waals surface area contributed by atoms with Crippen LogP contribution in [-0.4, -0.2) is 57.4 Å². The van der Waals surface area contributed by atoms with Crippen LogP contribution >= 0.6 is 0 Å². The lowest BCUT2D eigenvalue weighted by atomic mass is 9.87. The van der Waals surface area contributed by atoms with Gasteiger partial charge in [0.05, 0.1) is 29.2 Å². The quantitative estimate of drug-likeness (QED) is 0.604. The highest BCUT2D eigenvalue weighted by Gasteiger charge is 2.39. The van der Waals surface area contributed by atoms with E-state index in [1.807, 2.05) is 12.3 Å². The van der Waals surface area contributed by atoms with Gasteiger partial charge in [0, 0.05) is 38.1 Å². The van der Waals surface area contributed by atoms with Crippen molar-refractivity contribution in [1.29, 1.82) is 0 Å². The molecule has 6 heteroatoms. The van der Waals surface area contributed by atoms with Crippen LogP contribution in [0.15, 0.2) is 42.2 Å². The molecule has 0 bridgehead atoms. The highest BCUT2D eigenvalue weighted by atomic mass is 15.3. The first-order valence-corrected chi connectivity index (χ1v) is 11.9. The number of pyridine rings is 2. The van der Waals surface area contributed by atoms with E-state index in [0.29, 0.717) is 12.1 Å². The summed E-state index contributed by atoms with van der Waals surface area (Å²) < 4.78 is 2.40. The normalized spacial score (nSPS) is 23.8. The molecule has 2 fully saturated rings. The van der Waals surface area contributed by atoms with Gasteiger partial charge in [0.25, 0.3) is 0 Å². The molecule has 2 saturated heterocycles. The van der Waals surface area contributed by atoms with E-state index in [0.717, 1.165) is 44.7 Å². The number of likely N-dealkylation sites (N-methyl/N-ethyl adjacent to an activating group) is 1. The molecule has 2 atom stereocenters. The monoisotopic (exact) mass is 428 g/mol. The van der Waals surface area contributed by atoms with Crippen molar-refractivity contribution < 1.29 is 0 Å². The number of nitrogens with zero attached hydrogens (tertiary/aromatic N) is 6. The van der Waals surface area contributed by atoms with Gasteiger partial charge in [-0.25, -0.2) is 4.98 Å². The second-order valence-electron chi connectivity index (χ2n) is 9.61. The molecule has 3 aliphatic heterocycles. The molecule has 6 rings (SSSR count). The van der Waals surface area contributed by atoms with Gasteiger partial charge in [0.15, 0.2) is 0 Å². The van der Waals surface area contributed by atoms with Gasteiger partial charge in [-0.05, 0) is 70.0 Å². The van der Waals surface area contributed by atoms with E-state index in [4.69, 9.17) is 9.97 Å². The van der Waals surface area contributed by atoms with E-state index >= 15 is 0 Å². The highest BCUT2D eigenvalue weighted by molar-refractivity contribution is 5.66. The molecule has 166 valence electrons. The summed E-state index contributed by atoms with van der Waals surface area (Å²) in [5.74, 6) is 1.27. The lowest BCUT2D eigenvalue weighted by molar-refractivity contribution is 0.116. The number of hydrogen-bond acceptors (Lipinski definition) is 5. The highest BCUT2D eigenvalue weighted by Crippen LogP contribution is 2.48. The smallest absolute Gasteiger partial charge is 0.139 e. The number of imidazole rings is 1. The van der Waals surface area contributed by atoms with Gasteiger partial charge in [-0.15, -0.1) is 0 Å². The van der Waals surface area contributed by atoms with Crippen molar-refractivity contribution in [3.8, 4) is 0 Å². The van der Waals surface area contributed by atoms with Crippen LogP contribution in [0.4, 0.5) is 5.82 Å². The maximum atomic E-state index is 5.21. The van der Waals surface area contributed by atoms with Crippen molar-refractivity contribution in [3.05, 3.63) is 64.9 Å². The summed E-state index contributed by atoms with van der Waals surface area (Å²) in [6.45, 7) is 8.77. The Morgan fingerprint density at radius 2 is 1.69 bits per heavy atom. The molecule has 0 radical (unpaired) electrons. The van der Waals surface area contributed by atoms with Crippen LogP contribution in [0.25, 0.3) is 11.7 Å². The summed E-state index contributed by atoms with van der Waals surface area (Å²) in [5.41, 5.74) is 7.39. The largest absolute Gasteiger partial charge is 0.358 e. The van der Waals surface area contributed by atoms with Crippen molar-refractivity contribution in [2.75, 3.05) is 38.1 Å². The minimum atomic E-state index is 0.315. The summed E-state index contributed by atoms with van der Waals surface area (Å²) in [7, 11) is 2.21. The minimum absolute atomic E-state index is 0.315. The number of piperazine rings is 1. The first kappa shape index (κ1) is 19.8.